The number of aliphatic hydroxyl groups is 1. The number of hydrogen-bond acceptors (Lipinski definition) is 9. The summed E-state index contributed by atoms with van der Waals surface area (Å²) >= 11 is 0. The van der Waals surface area contributed by atoms with Crippen LogP contribution >= 0.6 is 0 Å². The number of phenolic OH excluding ortho intramolecular Hbond substituents is 1. The third-order valence-electron chi connectivity index (χ3n) is 7.21. The Labute approximate surface area is 245 Å². The van der Waals surface area contributed by atoms with E-state index >= 15 is 0 Å². The van der Waals surface area contributed by atoms with Gasteiger partial charge in [-0.1, -0.05) is 37.3 Å². The number of rotatable bonds is 19. The van der Waals surface area contributed by atoms with Crippen molar-refractivity contribution in [2.45, 2.75) is 64.1 Å². The molecule has 0 saturated carbocycles. The lowest BCUT2D eigenvalue weighted by Gasteiger charge is -2.39. The van der Waals surface area contributed by atoms with Gasteiger partial charge in [0.2, 0.25) is 0 Å². The number of piperidine rings is 1. The monoisotopic (exact) mass is 574 g/mol. The van der Waals surface area contributed by atoms with Crippen molar-refractivity contribution in [1.29, 1.82) is 0 Å². The van der Waals surface area contributed by atoms with Gasteiger partial charge in [0.15, 0.2) is 0 Å². The lowest BCUT2D eigenvalue weighted by Crippen LogP contribution is -2.50. The van der Waals surface area contributed by atoms with E-state index in [2.05, 4.69) is 41.8 Å². The number of aromatic hydroxyl groups is 1. The average molecular weight is 575 g/mol. The van der Waals surface area contributed by atoms with Crippen molar-refractivity contribution < 1.29 is 33.9 Å². The highest BCUT2D eigenvalue weighted by molar-refractivity contribution is 5.57. The SMILES string of the molecule is COCCCNc1cc(CO[C@H]2CNC[C@@H](OCCC(C)O)C2c2ccc(COC[C@@H](C)COC)cc2)ccc1O. The fourth-order valence-corrected chi connectivity index (χ4v) is 5.01. The van der Waals surface area contributed by atoms with Gasteiger partial charge < -0.3 is 44.5 Å². The van der Waals surface area contributed by atoms with Crippen molar-refractivity contribution >= 4 is 5.69 Å². The Morgan fingerprint density at radius 3 is 2.34 bits per heavy atom. The second-order valence-electron chi connectivity index (χ2n) is 11.0. The predicted molar refractivity (Wildman–Crippen MR) is 160 cm³/mol. The molecular formula is C32H50N2O7. The van der Waals surface area contributed by atoms with Crippen molar-refractivity contribution in [2.75, 3.05) is 65.6 Å². The second kappa shape index (κ2) is 18.3. The molecule has 0 aliphatic carbocycles. The van der Waals surface area contributed by atoms with Crippen LogP contribution in [0.15, 0.2) is 42.5 Å². The van der Waals surface area contributed by atoms with Gasteiger partial charge in [0, 0.05) is 58.9 Å². The highest BCUT2D eigenvalue weighted by Crippen LogP contribution is 2.32. The van der Waals surface area contributed by atoms with Gasteiger partial charge in [-0.3, -0.25) is 0 Å². The van der Waals surface area contributed by atoms with Crippen LogP contribution in [-0.2, 0) is 36.9 Å². The minimum absolute atomic E-state index is 0.0192. The van der Waals surface area contributed by atoms with E-state index in [0.29, 0.717) is 77.3 Å². The first-order chi connectivity index (χ1) is 19.9. The van der Waals surface area contributed by atoms with Gasteiger partial charge in [-0.15, -0.1) is 0 Å². The highest BCUT2D eigenvalue weighted by Gasteiger charge is 2.36. The maximum Gasteiger partial charge on any atom is 0.138 e. The normalized spacial score (nSPS) is 20.6. The Morgan fingerprint density at radius 2 is 1.63 bits per heavy atom. The van der Waals surface area contributed by atoms with E-state index in [4.69, 9.17) is 23.7 Å². The fourth-order valence-electron chi connectivity index (χ4n) is 5.01. The van der Waals surface area contributed by atoms with Crippen molar-refractivity contribution in [3.63, 3.8) is 0 Å². The minimum atomic E-state index is -0.408. The molecule has 230 valence electrons. The molecule has 1 saturated heterocycles. The molecule has 1 fully saturated rings. The number of benzene rings is 2. The van der Waals surface area contributed by atoms with E-state index < -0.39 is 6.10 Å². The predicted octanol–water partition coefficient (Wildman–Crippen LogP) is 4.07. The molecule has 2 aromatic rings. The zero-order valence-electron chi connectivity index (χ0n) is 25.1. The Morgan fingerprint density at radius 1 is 0.902 bits per heavy atom. The first kappa shape index (κ1) is 33.3. The maximum atomic E-state index is 10.3. The van der Waals surface area contributed by atoms with Gasteiger partial charge in [-0.05, 0) is 48.6 Å². The molecule has 5 atom stereocenters. The van der Waals surface area contributed by atoms with Gasteiger partial charge >= 0.3 is 0 Å². The van der Waals surface area contributed by atoms with Crippen LogP contribution in [0.3, 0.4) is 0 Å². The molecule has 1 heterocycles. The van der Waals surface area contributed by atoms with Gasteiger partial charge in [0.05, 0.1) is 50.4 Å². The zero-order valence-corrected chi connectivity index (χ0v) is 25.1. The number of hydrogen-bond donors (Lipinski definition) is 4. The van der Waals surface area contributed by atoms with Crippen molar-refractivity contribution in [2.24, 2.45) is 5.92 Å². The van der Waals surface area contributed by atoms with E-state index in [-0.39, 0.29) is 23.9 Å². The standard InChI is InChI=1S/C32H50N2O7/c1-23(19-38-4)20-39-21-25-6-9-27(10-7-25)32-30(40-15-12-24(2)35)17-33-18-31(32)41-22-26-8-11-29(36)28(16-26)34-13-5-14-37-3/h6-11,16,23-24,30-36H,5,12-15,17-22H2,1-4H3/t23-,24?,30+,31-,32?/m0/s1. The number of ether oxygens (including phenoxy) is 5. The maximum absolute atomic E-state index is 10.3. The van der Waals surface area contributed by atoms with E-state index in [1.165, 1.54) is 0 Å². The van der Waals surface area contributed by atoms with Gasteiger partial charge in [0.1, 0.15) is 5.75 Å². The largest absolute Gasteiger partial charge is 0.506 e. The molecule has 0 amide bonds. The molecule has 0 radical (unpaired) electrons. The Balaban J connectivity index is 1.68. The summed E-state index contributed by atoms with van der Waals surface area (Å²) < 4.78 is 29.0. The average Bonchev–Trinajstić information content (AvgIpc) is 2.96. The van der Waals surface area contributed by atoms with Crippen molar-refractivity contribution in [1.82, 2.24) is 5.32 Å². The smallest absolute Gasteiger partial charge is 0.138 e. The molecule has 41 heavy (non-hydrogen) atoms. The minimum Gasteiger partial charge on any atom is -0.506 e. The number of nitrogens with one attached hydrogen (secondary N) is 2. The number of methoxy groups -OCH3 is 2. The first-order valence-corrected chi connectivity index (χ1v) is 14.7. The quantitative estimate of drug-likeness (QED) is 0.146. The highest BCUT2D eigenvalue weighted by atomic mass is 16.5. The topological polar surface area (TPSA) is 111 Å². The van der Waals surface area contributed by atoms with Crippen molar-refractivity contribution in [3.8, 4) is 5.75 Å². The first-order valence-electron chi connectivity index (χ1n) is 14.7. The van der Waals surface area contributed by atoms with Crippen LogP contribution in [0.25, 0.3) is 0 Å². The Kier molecular flexibility index (Phi) is 14.9. The van der Waals surface area contributed by atoms with E-state index in [1.807, 2.05) is 12.1 Å². The molecule has 0 bridgehead atoms. The van der Waals surface area contributed by atoms with Gasteiger partial charge in [-0.2, -0.15) is 0 Å². The molecule has 0 spiro atoms. The fraction of sp³-hybridized carbons (Fsp3) is 0.625. The number of phenols is 1. The van der Waals surface area contributed by atoms with Crippen LogP contribution in [0.5, 0.6) is 5.75 Å². The van der Waals surface area contributed by atoms with Crippen LogP contribution in [-0.4, -0.2) is 88.8 Å². The molecule has 9 nitrogen and oxygen atoms in total. The third kappa shape index (κ3) is 11.5. The molecule has 2 aromatic carbocycles. The Bertz CT molecular complexity index is 989. The summed E-state index contributed by atoms with van der Waals surface area (Å²) in [7, 11) is 3.39. The van der Waals surface area contributed by atoms with Crippen LogP contribution in [0, 0.1) is 5.92 Å². The van der Waals surface area contributed by atoms with Crippen LogP contribution < -0.4 is 10.6 Å². The van der Waals surface area contributed by atoms with Gasteiger partial charge in [0.25, 0.3) is 0 Å². The van der Waals surface area contributed by atoms with Gasteiger partial charge in [-0.25, -0.2) is 0 Å². The summed E-state index contributed by atoms with van der Waals surface area (Å²) in [4.78, 5) is 0. The third-order valence-corrected chi connectivity index (χ3v) is 7.21. The number of aliphatic hydroxyl groups excluding tert-OH is 1. The van der Waals surface area contributed by atoms with Crippen LogP contribution in [0.1, 0.15) is 49.3 Å². The second-order valence-corrected chi connectivity index (χ2v) is 11.0. The lowest BCUT2D eigenvalue weighted by atomic mass is 9.85. The summed E-state index contributed by atoms with van der Waals surface area (Å²) in [5, 5.41) is 26.8. The van der Waals surface area contributed by atoms with E-state index in [1.54, 1.807) is 27.2 Å². The molecule has 4 N–H and O–H groups in total. The molecule has 1 aliphatic rings. The van der Waals surface area contributed by atoms with Crippen LogP contribution in [0.2, 0.25) is 0 Å². The summed E-state index contributed by atoms with van der Waals surface area (Å²) in [5.41, 5.74) is 3.93. The zero-order chi connectivity index (χ0) is 29.5. The summed E-state index contributed by atoms with van der Waals surface area (Å²) in [5.74, 6) is 0.584. The molecule has 1 aliphatic heterocycles. The Hall–Kier alpha value is -2.24. The summed E-state index contributed by atoms with van der Waals surface area (Å²) in [6.07, 6.45) is 0.807. The van der Waals surface area contributed by atoms with Crippen molar-refractivity contribution in [3.05, 3.63) is 59.2 Å². The molecule has 2 unspecified atom stereocenters. The molecule has 0 aromatic heterocycles. The molecule has 3 rings (SSSR count). The number of anilines is 1. The summed E-state index contributed by atoms with van der Waals surface area (Å²) in [6.45, 7) is 9.44. The van der Waals surface area contributed by atoms with E-state index in [0.717, 1.165) is 23.1 Å². The molecular weight excluding hydrogens is 524 g/mol. The van der Waals surface area contributed by atoms with E-state index in [9.17, 15) is 10.2 Å². The molecule has 9 heteroatoms. The van der Waals surface area contributed by atoms with Crippen LogP contribution in [0.4, 0.5) is 5.69 Å². The summed E-state index contributed by atoms with van der Waals surface area (Å²) in [6, 6.07) is 14.1. The lowest BCUT2D eigenvalue weighted by molar-refractivity contribution is -0.0639.